The molecule has 0 amide bonds. The van der Waals surface area contributed by atoms with E-state index in [9.17, 15) is 14.7 Å². The van der Waals surface area contributed by atoms with Crippen LogP contribution in [0.2, 0.25) is 0 Å². The first-order chi connectivity index (χ1) is 12.5. The largest absolute Gasteiger partial charge is 0.508 e. The standard InChI is InChI=1S/C20H18O6/c1-24-17(22)10-4-12-3-9-16-15(11-12)18(20(23)25-2)19(26-16)13-5-7-14(21)8-6-13/h3-11,18-19,21H,1-2H3/b10-4+/t18-,19+/m1/s1. The van der Waals surface area contributed by atoms with Crippen LogP contribution in [-0.2, 0) is 19.1 Å². The Bertz CT molecular complexity index is 853. The van der Waals surface area contributed by atoms with Gasteiger partial charge in [0.2, 0.25) is 0 Å². The predicted molar refractivity (Wildman–Crippen MR) is 93.7 cm³/mol. The van der Waals surface area contributed by atoms with Crippen molar-refractivity contribution in [1.29, 1.82) is 0 Å². The second kappa shape index (κ2) is 7.31. The Hall–Kier alpha value is -3.28. The molecule has 6 heteroatoms. The van der Waals surface area contributed by atoms with Crippen molar-refractivity contribution in [3.05, 3.63) is 65.2 Å². The van der Waals surface area contributed by atoms with Crippen LogP contribution in [-0.4, -0.2) is 31.3 Å². The van der Waals surface area contributed by atoms with Crippen molar-refractivity contribution in [2.75, 3.05) is 14.2 Å². The third kappa shape index (κ3) is 3.39. The first-order valence-electron chi connectivity index (χ1n) is 7.97. The fourth-order valence-corrected chi connectivity index (χ4v) is 2.92. The monoisotopic (exact) mass is 354 g/mol. The summed E-state index contributed by atoms with van der Waals surface area (Å²) in [5, 5.41) is 9.48. The molecule has 0 unspecified atom stereocenters. The number of hydrogen-bond acceptors (Lipinski definition) is 6. The summed E-state index contributed by atoms with van der Waals surface area (Å²) in [6.45, 7) is 0. The highest BCUT2D eigenvalue weighted by atomic mass is 16.5. The second-order valence-corrected chi connectivity index (χ2v) is 5.78. The first-order valence-corrected chi connectivity index (χ1v) is 7.97. The van der Waals surface area contributed by atoms with Crippen LogP contribution in [0.1, 0.15) is 28.7 Å². The van der Waals surface area contributed by atoms with Crippen molar-refractivity contribution >= 4 is 18.0 Å². The van der Waals surface area contributed by atoms with Crippen molar-refractivity contribution in [2.45, 2.75) is 12.0 Å². The van der Waals surface area contributed by atoms with Gasteiger partial charge < -0.3 is 19.3 Å². The molecule has 0 fully saturated rings. The molecule has 26 heavy (non-hydrogen) atoms. The van der Waals surface area contributed by atoms with E-state index in [0.717, 1.165) is 11.1 Å². The van der Waals surface area contributed by atoms with Crippen molar-refractivity contribution in [1.82, 2.24) is 0 Å². The topological polar surface area (TPSA) is 82.1 Å². The number of carbonyl (C=O) groups excluding carboxylic acids is 2. The minimum Gasteiger partial charge on any atom is -0.508 e. The van der Waals surface area contributed by atoms with Gasteiger partial charge in [-0.2, -0.15) is 0 Å². The summed E-state index contributed by atoms with van der Waals surface area (Å²) in [5.41, 5.74) is 2.17. The molecule has 3 rings (SSSR count). The van der Waals surface area contributed by atoms with Gasteiger partial charge in [-0.05, 0) is 41.5 Å². The highest BCUT2D eigenvalue weighted by molar-refractivity contribution is 5.87. The van der Waals surface area contributed by atoms with E-state index >= 15 is 0 Å². The maximum atomic E-state index is 12.4. The third-order valence-electron chi connectivity index (χ3n) is 4.22. The van der Waals surface area contributed by atoms with Gasteiger partial charge in [0.05, 0.1) is 14.2 Å². The smallest absolute Gasteiger partial charge is 0.330 e. The molecule has 0 spiro atoms. The minimum atomic E-state index is -0.647. The van der Waals surface area contributed by atoms with E-state index < -0.39 is 24.0 Å². The Labute approximate surface area is 150 Å². The highest BCUT2D eigenvalue weighted by Crippen LogP contribution is 2.47. The molecule has 1 N–H and O–H groups in total. The molecule has 2 aromatic rings. The SMILES string of the molecule is COC(=O)/C=C/c1ccc2c(c1)[C@@H](C(=O)OC)[C@H](c1ccc(O)cc1)O2. The number of aromatic hydroxyl groups is 1. The average molecular weight is 354 g/mol. The number of esters is 2. The molecular formula is C20H18O6. The van der Waals surface area contributed by atoms with Crippen LogP contribution in [0.15, 0.2) is 48.5 Å². The Morgan fingerprint density at radius 1 is 1.08 bits per heavy atom. The molecule has 0 aliphatic carbocycles. The Morgan fingerprint density at radius 2 is 1.81 bits per heavy atom. The molecule has 1 aliphatic heterocycles. The van der Waals surface area contributed by atoms with Gasteiger partial charge in [-0.15, -0.1) is 0 Å². The molecule has 0 saturated carbocycles. The van der Waals surface area contributed by atoms with E-state index in [1.165, 1.54) is 20.3 Å². The number of benzene rings is 2. The molecule has 0 radical (unpaired) electrons. The van der Waals surface area contributed by atoms with Crippen LogP contribution in [0.4, 0.5) is 0 Å². The number of fused-ring (bicyclic) bond motifs is 1. The quantitative estimate of drug-likeness (QED) is 0.671. The molecule has 2 aromatic carbocycles. The van der Waals surface area contributed by atoms with E-state index in [-0.39, 0.29) is 5.75 Å². The van der Waals surface area contributed by atoms with E-state index in [1.807, 2.05) is 0 Å². The minimum absolute atomic E-state index is 0.133. The molecule has 1 heterocycles. The van der Waals surface area contributed by atoms with Crippen LogP contribution >= 0.6 is 0 Å². The van der Waals surface area contributed by atoms with Crippen LogP contribution in [0, 0.1) is 0 Å². The van der Waals surface area contributed by atoms with E-state index in [0.29, 0.717) is 11.3 Å². The van der Waals surface area contributed by atoms with Gasteiger partial charge in [0.25, 0.3) is 0 Å². The summed E-state index contributed by atoms with van der Waals surface area (Å²) < 4.78 is 15.5. The van der Waals surface area contributed by atoms with Crippen molar-refractivity contribution in [3.63, 3.8) is 0 Å². The van der Waals surface area contributed by atoms with Crippen molar-refractivity contribution in [3.8, 4) is 11.5 Å². The fraction of sp³-hybridized carbons (Fsp3) is 0.200. The normalized spacial score (nSPS) is 18.2. The van der Waals surface area contributed by atoms with Crippen LogP contribution in [0.5, 0.6) is 11.5 Å². The lowest BCUT2D eigenvalue weighted by molar-refractivity contribution is -0.144. The van der Waals surface area contributed by atoms with E-state index in [4.69, 9.17) is 9.47 Å². The van der Waals surface area contributed by atoms with Crippen molar-refractivity contribution < 1.29 is 28.9 Å². The Kier molecular flexibility index (Phi) is 4.93. The Morgan fingerprint density at radius 3 is 2.46 bits per heavy atom. The highest BCUT2D eigenvalue weighted by Gasteiger charge is 2.41. The number of ether oxygens (including phenoxy) is 3. The molecule has 2 atom stereocenters. The lowest BCUT2D eigenvalue weighted by Gasteiger charge is -2.17. The van der Waals surface area contributed by atoms with Crippen LogP contribution < -0.4 is 4.74 Å². The zero-order valence-corrected chi connectivity index (χ0v) is 14.3. The van der Waals surface area contributed by atoms with Gasteiger partial charge >= 0.3 is 11.9 Å². The maximum Gasteiger partial charge on any atom is 0.330 e. The molecule has 0 bridgehead atoms. The first kappa shape index (κ1) is 17.5. The summed E-state index contributed by atoms with van der Waals surface area (Å²) >= 11 is 0. The lowest BCUT2D eigenvalue weighted by atomic mass is 9.90. The van der Waals surface area contributed by atoms with Crippen LogP contribution in [0.3, 0.4) is 0 Å². The number of methoxy groups -OCH3 is 2. The predicted octanol–water partition coefficient (Wildman–Crippen LogP) is 2.97. The number of rotatable bonds is 4. The van der Waals surface area contributed by atoms with Gasteiger partial charge in [0, 0.05) is 11.6 Å². The number of hydrogen-bond donors (Lipinski definition) is 1. The van der Waals surface area contributed by atoms with E-state index in [2.05, 4.69) is 4.74 Å². The third-order valence-corrected chi connectivity index (χ3v) is 4.22. The Balaban J connectivity index is 1.98. The van der Waals surface area contributed by atoms with Crippen LogP contribution in [0.25, 0.3) is 6.08 Å². The lowest BCUT2D eigenvalue weighted by Crippen LogP contribution is -2.20. The molecule has 134 valence electrons. The number of carbonyl (C=O) groups is 2. The molecule has 6 nitrogen and oxygen atoms in total. The molecule has 0 saturated heterocycles. The summed E-state index contributed by atoms with van der Waals surface area (Å²) in [6.07, 6.45) is 2.36. The summed E-state index contributed by atoms with van der Waals surface area (Å²) in [5.74, 6) is -0.821. The number of phenols is 1. The zero-order chi connectivity index (χ0) is 18.7. The molecule has 0 aromatic heterocycles. The number of phenolic OH excluding ortho intramolecular Hbond substituents is 1. The summed E-state index contributed by atoms with van der Waals surface area (Å²) in [4.78, 5) is 23.7. The fourth-order valence-electron chi connectivity index (χ4n) is 2.92. The summed E-state index contributed by atoms with van der Waals surface area (Å²) in [6, 6.07) is 11.8. The maximum absolute atomic E-state index is 12.4. The average Bonchev–Trinajstić information content (AvgIpc) is 3.04. The molecule has 1 aliphatic rings. The second-order valence-electron chi connectivity index (χ2n) is 5.78. The van der Waals surface area contributed by atoms with Gasteiger partial charge in [-0.1, -0.05) is 18.2 Å². The molecular weight excluding hydrogens is 336 g/mol. The van der Waals surface area contributed by atoms with Gasteiger partial charge in [0.1, 0.15) is 23.5 Å². The zero-order valence-electron chi connectivity index (χ0n) is 14.3. The van der Waals surface area contributed by atoms with Crippen molar-refractivity contribution in [2.24, 2.45) is 0 Å². The van der Waals surface area contributed by atoms with E-state index in [1.54, 1.807) is 48.5 Å². The van der Waals surface area contributed by atoms with Gasteiger partial charge in [-0.25, -0.2) is 4.79 Å². The van der Waals surface area contributed by atoms with Gasteiger partial charge in [-0.3, -0.25) is 4.79 Å². The summed E-state index contributed by atoms with van der Waals surface area (Å²) in [7, 11) is 2.63. The van der Waals surface area contributed by atoms with Gasteiger partial charge in [0.15, 0.2) is 0 Å².